The number of rotatable bonds is 4. The van der Waals surface area contributed by atoms with Crippen molar-refractivity contribution in [1.29, 1.82) is 0 Å². The van der Waals surface area contributed by atoms with Crippen molar-refractivity contribution in [3.63, 3.8) is 0 Å². The highest BCUT2D eigenvalue weighted by Crippen LogP contribution is 2.26. The van der Waals surface area contributed by atoms with Gasteiger partial charge in [-0.3, -0.25) is 4.79 Å². The van der Waals surface area contributed by atoms with Gasteiger partial charge >= 0.3 is 5.97 Å². The Morgan fingerprint density at radius 3 is 2.69 bits per heavy atom. The van der Waals surface area contributed by atoms with Crippen LogP contribution in [0, 0.1) is 0 Å². The average Bonchev–Trinajstić information content (AvgIpc) is 2.30. The summed E-state index contributed by atoms with van der Waals surface area (Å²) in [7, 11) is 1.23. The fourth-order valence-electron chi connectivity index (χ4n) is 1.53. The molecule has 0 aliphatic rings. The minimum atomic E-state index is -0.625. The number of phenols is 1. The van der Waals surface area contributed by atoms with Crippen LogP contribution in [0.1, 0.15) is 39.6 Å². The maximum Gasteiger partial charge on any atom is 0.338 e. The molecule has 0 radical (unpaired) electrons. The predicted molar refractivity (Wildman–Crippen MR) is 58.8 cm³/mol. The molecule has 86 valence electrons. The highest BCUT2D eigenvalue weighted by molar-refractivity contribution is 6.00. The minimum absolute atomic E-state index is 0.00204. The molecule has 1 rings (SSSR count). The van der Waals surface area contributed by atoms with Gasteiger partial charge in [-0.2, -0.15) is 0 Å². The molecule has 0 aliphatic heterocycles. The fraction of sp³-hybridized carbons (Fsp3) is 0.333. The second-order valence-corrected chi connectivity index (χ2v) is 3.39. The third kappa shape index (κ3) is 2.21. The van der Waals surface area contributed by atoms with Gasteiger partial charge in [0.1, 0.15) is 5.75 Å². The summed E-state index contributed by atoms with van der Waals surface area (Å²) in [6.07, 6.45) is 1.98. The van der Waals surface area contributed by atoms with Gasteiger partial charge in [0.25, 0.3) is 0 Å². The Kier molecular flexibility index (Phi) is 4.05. The molecule has 0 amide bonds. The van der Waals surface area contributed by atoms with Crippen LogP contribution in [0.2, 0.25) is 0 Å². The van der Waals surface area contributed by atoms with Crippen LogP contribution in [-0.4, -0.2) is 24.5 Å². The van der Waals surface area contributed by atoms with Gasteiger partial charge in [-0.15, -0.1) is 0 Å². The molecule has 1 N–H and O–H groups in total. The number of esters is 1. The zero-order valence-electron chi connectivity index (χ0n) is 9.32. The van der Waals surface area contributed by atoms with E-state index in [1.165, 1.54) is 13.2 Å². The number of hydrogen-bond acceptors (Lipinski definition) is 4. The first-order chi connectivity index (χ1) is 7.65. The van der Waals surface area contributed by atoms with Crippen molar-refractivity contribution in [3.8, 4) is 5.75 Å². The lowest BCUT2D eigenvalue weighted by Gasteiger charge is -2.09. The van der Waals surface area contributed by atoms with Crippen LogP contribution in [-0.2, 0) is 11.2 Å². The Morgan fingerprint density at radius 1 is 1.50 bits per heavy atom. The van der Waals surface area contributed by atoms with Gasteiger partial charge in [0.05, 0.1) is 18.2 Å². The van der Waals surface area contributed by atoms with E-state index >= 15 is 0 Å². The summed E-state index contributed by atoms with van der Waals surface area (Å²) in [4.78, 5) is 22.2. The number of hydrogen-bond donors (Lipinski definition) is 1. The Balaban J connectivity index is 3.29. The summed E-state index contributed by atoms with van der Waals surface area (Å²) >= 11 is 0. The van der Waals surface area contributed by atoms with Crippen LogP contribution in [0.4, 0.5) is 0 Å². The van der Waals surface area contributed by atoms with Crippen LogP contribution >= 0.6 is 0 Å². The molecule has 16 heavy (non-hydrogen) atoms. The Labute approximate surface area is 93.9 Å². The summed E-state index contributed by atoms with van der Waals surface area (Å²) in [5.74, 6) is -0.750. The standard InChI is InChI=1S/C12H14O4/c1-3-4-8-5-6-9(12(15)16-2)10(7-13)11(8)14/h5-7,14H,3-4H2,1-2H3. The fourth-order valence-corrected chi connectivity index (χ4v) is 1.53. The van der Waals surface area contributed by atoms with Crippen molar-refractivity contribution in [2.45, 2.75) is 19.8 Å². The van der Waals surface area contributed by atoms with E-state index in [0.717, 1.165) is 6.42 Å². The molecule has 4 nitrogen and oxygen atoms in total. The van der Waals surface area contributed by atoms with Crippen LogP contribution in [0.3, 0.4) is 0 Å². The topological polar surface area (TPSA) is 63.6 Å². The van der Waals surface area contributed by atoms with Gasteiger partial charge in [-0.05, 0) is 18.1 Å². The molecule has 0 spiro atoms. The first-order valence-corrected chi connectivity index (χ1v) is 5.04. The van der Waals surface area contributed by atoms with E-state index in [1.54, 1.807) is 6.07 Å². The molecule has 0 heterocycles. The lowest BCUT2D eigenvalue weighted by molar-refractivity contribution is 0.0597. The molecule has 0 saturated carbocycles. The van der Waals surface area contributed by atoms with Gasteiger partial charge in [0.2, 0.25) is 0 Å². The summed E-state index contributed by atoms with van der Waals surface area (Å²) in [5.41, 5.74) is 0.755. The van der Waals surface area contributed by atoms with E-state index < -0.39 is 5.97 Å². The highest BCUT2D eigenvalue weighted by Gasteiger charge is 2.17. The van der Waals surface area contributed by atoms with Gasteiger partial charge in [0, 0.05) is 0 Å². The van der Waals surface area contributed by atoms with Crippen molar-refractivity contribution < 1.29 is 19.4 Å². The SMILES string of the molecule is CCCc1ccc(C(=O)OC)c(C=O)c1O. The summed E-state index contributed by atoms with van der Waals surface area (Å²) in [6.45, 7) is 1.97. The van der Waals surface area contributed by atoms with Crippen LogP contribution in [0.25, 0.3) is 0 Å². The molecular weight excluding hydrogens is 208 g/mol. The molecule has 0 atom stereocenters. The summed E-state index contributed by atoms with van der Waals surface area (Å²) in [6, 6.07) is 3.14. The number of benzene rings is 1. The van der Waals surface area contributed by atoms with E-state index in [1.807, 2.05) is 6.92 Å². The lowest BCUT2D eigenvalue weighted by atomic mass is 10.0. The number of carbonyl (C=O) groups is 2. The summed E-state index contributed by atoms with van der Waals surface area (Å²) in [5, 5.41) is 9.81. The zero-order valence-corrected chi connectivity index (χ0v) is 9.32. The normalized spacial score (nSPS) is 9.88. The molecule has 0 bridgehead atoms. The van der Waals surface area contributed by atoms with Crippen LogP contribution < -0.4 is 0 Å². The lowest BCUT2D eigenvalue weighted by Crippen LogP contribution is -2.06. The first kappa shape index (κ1) is 12.2. The van der Waals surface area contributed by atoms with Crippen molar-refractivity contribution in [1.82, 2.24) is 0 Å². The van der Waals surface area contributed by atoms with E-state index in [-0.39, 0.29) is 16.9 Å². The number of methoxy groups -OCH3 is 1. The molecule has 1 aromatic rings. The van der Waals surface area contributed by atoms with E-state index in [0.29, 0.717) is 18.3 Å². The van der Waals surface area contributed by atoms with Gasteiger partial charge in [-0.1, -0.05) is 19.4 Å². The van der Waals surface area contributed by atoms with Crippen molar-refractivity contribution in [3.05, 3.63) is 28.8 Å². The van der Waals surface area contributed by atoms with Gasteiger partial charge in [-0.25, -0.2) is 4.79 Å². The second kappa shape index (κ2) is 5.30. The molecule has 0 fully saturated rings. The number of carbonyl (C=O) groups excluding carboxylic acids is 2. The Morgan fingerprint density at radius 2 is 2.19 bits per heavy atom. The van der Waals surface area contributed by atoms with Crippen LogP contribution in [0.15, 0.2) is 12.1 Å². The largest absolute Gasteiger partial charge is 0.507 e. The Hall–Kier alpha value is -1.84. The third-order valence-electron chi connectivity index (χ3n) is 2.34. The first-order valence-electron chi connectivity index (χ1n) is 5.04. The molecule has 0 unspecified atom stereocenters. The molecule has 0 aromatic heterocycles. The maximum atomic E-state index is 11.3. The number of aromatic hydroxyl groups is 1. The predicted octanol–water partition coefficient (Wildman–Crippen LogP) is 1.94. The van der Waals surface area contributed by atoms with E-state index in [4.69, 9.17) is 0 Å². The quantitative estimate of drug-likeness (QED) is 0.624. The molecule has 0 saturated heterocycles. The Bertz CT molecular complexity index is 410. The monoisotopic (exact) mass is 222 g/mol. The average molecular weight is 222 g/mol. The van der Waals surface area contributed by atoms with Gasteiger partial charge < -0.3 is 9.84 Å². The second-order valence-electron chi connectivity index (χ2n) is 3.39. The van der Waals surface area contributed by atoms with Crippen molar-refractivity contribution in [2.24, 2.45) is 0 Å². The highest BCUT2D eigenvalue weighted by atomic mass is 16.5. The maximum absolute atomic E-state index is 11.3. The number of aldehydes is 1. The zero-order chi connectivity index (χ0) is 12.1. The number of ether oxygens (including phenoxy) is 1. The number of phenolic OH excluding ortho intramolecular Hbond substituents is 1. The van der Waals surface area contributed by atoms with E-state index in [9.17, 15) is 14.7 Å². The smallest absolute Gasteiger partial charge is 0.338 e. The molecular formula is C12H14O4. The van der Waals surface area contributed by atoms with Gasteiger partial charge in [0.15, 0.2) is 6.29 Å². The number of aryl methyl sites for hydroxylation is 1. The van der Waals surface area contributed by atoms with E-state index in [2.05, 4.69) is 4.74 Å². The van der Waals surface area contributed by atoms with Crippen molar-refractivity contribution >= 4 is 12.3 Å². The summed E-state index contributed by atoms with van der Waals surface area (Å²) < 4.78 is 4.52. The van der Waals surface area contributed by atoms with Crippen molar-refractivity contribution in [2.75, 3.05) is 7.11 Å². The molecule has 0 aliphatic carbocycles. The molecule has 4 heteroatoms. The minimum Gasteiger partial charge on any atom is -0.507 e. The molecule has 1 aromatic carbocycles. The third-order valence-corrected chi connectivity index (χ3v) is 2.34. The van der Waals surface area contributed by atoms with Crippen LogP contribution in [0.5, 0.6) is 5.75 Å².